The normalized spacial score (nSPS) is 16.6. The van der Waals surface area contributed by atoms with E-state index in [4.69, 9.17) is 0 Å². The third-order valence-corrected chi connectivity index (χ3v) is 7.97. The van der Waals surface area contributed by atoms with Crippen LogP contribution in [-0.2, 0) is 16.6 Å². The van der Waals surface area contributed by atoms with Crippen molar-refractivity contribution in [3.63, 3.8) is 0 Å². The van der Waals surface area contributed by atoms with E-state index in [9.17, 15) is 17.6 Å². The SMILES string of the molecule is C[C@H]1CN(Cc2ccc(F)cc2)CCN1C(=O)c1ccc(NS(=O)(=O)c2cccc3cccnc23)cc1. The highest BCUT2D eigenvalue weighted by Crippen LogP contribution is 2.24. The van der Waals surface area contributed by atoms with Gasteiger partial charge in [0, 0.05) is 55.1 Å². The minimum atomic E-state index is -3.87. The lowest BCUT2D eigenvalue weighted by Crippen LogP contribution is -2.53. The van der Waals surface area contributed by atoms with Crippen molar-refractivity contribution in [1.82, 2.24) is 14.8 Å². The van der Waals surface area contributed by atoms with Crippen LogP contribution >= 0.6 is 0 Å². The van der Waals surface area contributed by atoms with E-state index in [1.165, 1.54) is 18.2 Å². The monoisotopic (exact) mass is 518 g/mol. The molecular weight excluding hydrogens is 491 g/mol. The Bertz CT molecular complexity index is 1520. The number of carbonyl (C=O) groups excluding carboxylic acids is 1. The first-order valence-electron chi connectivity index (χ1n) is 12.0. The Morgan fingerprint density at radius 3 is 2.46 bits per heavy atom. The summed E-state index contributed by atoms with van der Waals surface area (Å²) >= 11 is 0. The molecule has 0 radical (unpaired) electrons. The Morgan fingerprint density at radius 1 is 1.00 bits per heavy atom. The first-order chi connectivity index (χ1) is 17.8. The van der Waals surface area contributed by atoms with E-state index in [1.807, 2.05) is 24.0 Å². The number of halogens is 1. The second kappa shape index (κ2) is 10.3. The van der Waals surface area contributed by atoms with Gasteiger partial charge in [-0.3, -0.25) is 19.4 Å². The Morgan fingerprint density at radius 2 is 1.73 bits per heavy atom. The standard InChI is InChI=1S/C28H27FN4O3S/c1-20-18-32(19-21-7-11-24(29)12-8-21)16-17-33(20)28(34)23-9-13-25(14-10-23)31-37(35,36)26-6-2-4-22-5-3-15-30-27(22)26/h2-15,20,31H,16-19H2,1H3/t20-/m0/s1. The number of benzene rings is 3. The van der Waals surface area contributed by atoms with Crippen LogP contribution in [0.15, 0.2) is 90.0 Å². The van der Waals surface area contributed by atoms with Gasteiger partial charge in [0.2, 0.25) is 0 Å². The van der Waals surface area contributed by atoms with Crippen LogP contribution in [-0.4, -0.2) is 54.8 Å². The fourth-order valence-corrected chi connectivity index (χ4v) is 5.92. The number of anilines is 1. The molecular formula is C28H27FN4O3S. The zero-order chi connectivity index (χ0) is 26.0. The molecule has 1 saturated heterocycles. The predicted molar refractivity (Wildman–Crippen MR) is 141 cm³/mol. The Labute approximate surface area is 215 Å². The molecule has 1 aliphatic heterocycles. The maximum Gasteiger partial charge on any atom is 0.264 e. The first kappa shape index (κ1) is 24.9. The van der Waals surface area contributed by atoms with E-state index >= 15 is 0 Å². The second-order valence-corrected chi connectivity index (χ2v) is 10.9. The maximum absolute atomic E-state index is 13.2. The van der Waals surface area contributed by atoms with Crippen LogP contribution in [0.3, 0.4) is 0 Å². The van der Waals surface area contributed by atoms with E-state index in [0.29, 0.717) is 42.9 Å². The van der Waals surface area contributed by atoms with E-state index in [-0.39, 0.29) is 22.7 Å². The van der Waals surface area contributed by atoms with Gasteiger partial charge in [-0.2, -0.15) is 0 Å². The van der Waals surface area contributed by atoms with Crippen molar-refractivity contribution in [2.24, 2.45) is 0 Å². The van der Waals surface area contributed by atoms with Crippen LogP contribution in [0.25, 0.3) is 10.9 Å². The van der Waals surface area contributed by atoms with Gasteiger partial charge in [-0.25, -0.2) is 12.8 Å². The summed E-state index contributed by atoms with van der Waals surface area (Å²) in [6.45, 7) is 4.71. The number of pyridine rings is 1. The number of rotatable bonds is 6. The molecule has 5 rings (SSSR count). The molecule has 9 heteroatoms. The number of carbonyl (C=O) groups is 1. The summed E-state index contributed by atoms with van der Waals surface area (Å²) in [5.74, 6) is -0.349. The van der Waals surface area contributed by atoms with Crippen LogP contribution in [0.4, 0.5) is 10.1 Å². The van der Waals surface area contributed by atoms with Gasteiger partial charge in [-0.15, -0.1) is 0 Å². The summed E-state index contributed by atoms with van der Waals surface area (Å²) in [6.07, 6.45) is 1.56. The summed E-state index contributed by atoms with van der Waals surface area (Å²) in [6, 6.07) is 21.5. The lowest BCUT2D eigenvalue weighted by molar-refractivity contribution is 0.0475. The number of piperazine rings is 1. The van der Waals surface area contributed by atoms with E-state index < -0.39 is 10.0 Å². The highest BCUT2D eigenvalue weighted by Gasteiger charge is 2.28. The fourth-order valence-electron chi connectivity index (χ4n) is 4.68. The summed E-state index contributed by atoms with van der Waals surface area (Å²) in [5, 5.41) is 0.734. The van der Waals surface area contributed by atoms with Crippen LogP contribution in [0.5, 0.6) is 0 Å². The van der Waals surface area contributed by atoms with Gasteiger partial charge in [-0.1, -0.05) is 30.3 Å². The molecule has 190 valence electrons. The molecule has 1 amide bonds. The number of hydrogen-bond acceptors (Lipinski definition) is 5. The van der Waals surface area contributed by atoms with Crippen LogP contribution in [0, 0.1) is 5.82 Å². The molecule has 1 fully saturated rings. The minimum absolute atomic E-state index is 0.00117. The number of aromatic nitrogens is 1. The molecule has 0 unspecified atom stereocenters. The lowest BCUT2D eigenvalue weighted by atomic mass is 10.1. The molecule has 0 bridgehead atoms. The molecule has 7 nitrogen and oxygen atoms in total. The highest BCUT2D eigenvalue weighted by molar-refractivity contribution is 7.93. The van der Waals surface area contributed by atoms with Gasteiger partial charge >= 0.3 is 0 Å². The molecule has 4 aromatic rings. The second-order valence-electron chi connectivity index (χ2n) is 9.22. The molecule has 1 N–H and O–H groups in total. The van der Waals surface area contributed by atoms with Crippen molar-refractivity contribution in [3.8, 4) is 0 Å². The van der Waals surface area contributed by atoms with Crippen molar-refractivity contribution >= 4 is 32.5 Å². The lowest BCUT2D eigenvalue weighted by Gasteiger charge is -2.40. The van der Waals surface area contributed by atoms with Gasteiger partial charge in [0.15, 0.2) is 0 Å². The fraction of sp³-hybridized carbons (Fsp3) is 0.214. The number of fused-ring (bicyclic) bond motifs is 1. The zero-order valence-corrected chi connectivity index (χ0v) is 21.2. The van der Waals surface area contributed by atoms with Gasteiger partial charge in [-0.05, 0) is 61.0 Å². The first-order valence-corrected chi connectivity index (χ1v) is 13.5. The Hall–Kier alpha value is -3.82. The third kappa shape index (κ3) is 5.47. The smallest absolute Gasteiger partial charge is 0.264 e. The highest BCUT2D eigenvalue weighted by atomic mass is 32.2. The van der Waals surface area contributed by atoms with Crippen molar-refractivity contribution < 1.29 is 17.6 Å². The predicted octanol–water partition coefficient (Wildman–Crippen LogP) is 4.52. The zero-order valence-electron chi connectivity index (χ0n) is 20.3. The quantitative estimate of drug-likeness (QED) is 0.406. The van der Waals surface area contributed by atoms with Crippen LogP contribution in [0.1, 0.15) is 22.8 Å². The Balaban J connectivity index is 1.24. The molecule has 0 saturated carbocycles. The molecule has 1 aliphatic rings. The largest absolute Gasteiger partial charge is 0.333 e. The van der Waals surface area contributed by atoms with E-state index in [1.54, 1.807) is 54.7 Å². The number of amides is 1. The molecule has 1 aromatic heterocycles. The number of hydrogen-bond donors (Lipinski definition) is 1. The summed E-state index contributed by atoms with van der Waals surface area (Å²) in [7, 11) is -3.87. The van der Waals surface area contributed by atoms with Gasteiger partial charge < -0.3 is 4.90 Å². The van der Waals surface area contributed by atoms with Crippen LogP contribution in [0.2, 0.25) is 0 Å². The molecule has 2 heterocycles. The molecule has 3 aromatic carbocycles. The number of para-hydroxylation sites is 1. The van der Waals surface area contributed by atoms with Crippen molar-refractivity contribution in [3.05, 3.63) is 102 Å². The van der Waals surface area contributed by atoms with Crippen molar-refractivity contribution in [1.29, 1.82) is 0 Å². The topological polar surface area (TPSA) is 82.6 Å². The number of nitrogens with one attached hydrogen (secondary N) is 1. The van der Waals surface area contributed by atoms with Crippen molar-refractivity contribution in [2.45, 2.75) is 24.4 Å². The maximum atomic E-state index is 13.2. The molecule has 0 spiro atoms. The van der Waals surface area contributed by atoms with Gasteiger partial charge in [0.1, 0.15) is 10.7 Å². The van der Waals surface area contributed by atoms with E-state index in [2.05, 4.69) is 14.6 Å². The van der Waals surface area contributed by atoms with E-state index in [0.717, 1.165) is 10.9 Å². The third-order valence-electron chi connectivity index (χ3n) is 6.56. The summed E-state index contributed by atoms with van der Waals surface area (Å²) in [5.41, 5.74) is 2.29. The molecule has 37 heavy (non-hydrogen) atoms. The summed E-state index contributed by atoms with van der Waals surface area (Å²) in [4.78, 5) is 21.6. The average Bonchev–Trinajstić information content (AvgIpc) is 2.89. The van der Waals surface area contributed by atoms with Gasteiger partial charge in [0.05, 0.1) is 5.52 Å². The molecule has 1 atom stereocenters. The molecule has 0 aliphatic carbocycles. The number of sulfonamides is 1. The minimum Gasteiger partial charge on any atom is -0.333 e. The Kier molecular flexibility index (Phi) is 6.90. The van der Waals surface area contributed by atoms with Crippen molar-refractivity contribution in [2.75, 3.05) is 24.4 Å². The van der Waals surface area contributed by atoms with Gasteiger partial charge in [0.25, 0.3) is 15.9 Å². The summed E-state index contributed by atoms with van der Waals surface area (Å²) < 4.78 is 41.9. The van der Waals surface area contributed by atoms with Crippen LogP contribution < -0.4 is 4.72 Å². The average molecular weight is 519 g/mol. The number of nitrogens with zero attached hydrogens (tertiary/aromatic N) is 3.